The summed E-state index contributed by atoms with van der Waals surface area (Å²) < 4.78 is 5.19. The molecule has 8 heteroatoms. The number of aromatic nitrogens is 2. The van der Waals surface area contributed by atoms with Gasteiger partial charge in [-0.25, -0.2) is 0 Å². The molecule has 0 fully saturated rings. The maximum absolute atomic E-state index is 12.2. The van der Waals surface area contributed by atoms with Crippen LogP contribution < -0.4 is 15.4 Å². The maximum atomic E-state index is 12.2. The standard InChI is InChI=1S/C17H22N4O3S/c1-5-10(2)14(22)18-11(3)15(23)19-17-21-20-16(25-17)12-7-6-8-13(9-12)24-4/h6-11H,5H2,1-4H3,(H,18,22)(H,19,21,23). The maximum Gasteiger partial charge on any atom is 0.248 e. The summed E-state index contributed by atoms with van der Waals surface area (Å²) in [6.45, 7) is 5.39. The smallest absolute Gasteiger partial charge is 0.248 e. The fourth-order valence-electron chi connectivity index (χ4n) is 1.97. The normalized spacial score (nSPS) is 13.0. The summed E-state index contributed by atoms with van der Waals surface area (Å²) in [6, 6.07) is 6.80. The van der Waals surface area contributed by atoms with Crippen LogP contribution in [0.3, 0.4) is 0 Å². The van der Waals surface area contributed by atoms with E-state index < -0.39 is 6.04 Å². The van der Waals surface area contributed by atoms with E-state index >= 15 is 0 Å². The second-order valence-corrected chi connectivity index (χ2v) is 6.65. The first-order valence-corrected chi connectivity index (χ1v) is 8.85. The van der Waals surface area contributed by atoms with Crippen LogP contribution in [0.15, 0.2) is 24.3 Å². The average Bonchev–Trinajstić information content (AvgIpc) is 3.09. The summed E-state index contributed by atoms with van der Waals surface area (Å²) in [5, 5.41) is 14.5. The fourth-order valence-corrected chi connectivity index (χ4v) is 2.71. The van der Waals surface area contributed by atoms with E-state index in [1.165, 1.54) is 11.3 Å². The van der Waals surface area contributed by atoms with Gasteiger partial charge < -0.3 is 10.1 Å². The number of benzene rings is 1. The van der Waals surface area contributed by atoms with E-state index in [-0.39, 0.29) is 17.7 Å². The number of carbonyl (C=O) groups excluding carboxylic acids is 2. The monoisotopic (exact) mass is 362 g/mol. The van der Waals surface area contributed by atoms with Crippen LogP contribution in [0.1, 0.15) is 27.2 Å². The number of amides is 2. The predicted octanol–water partition coefficient (Wildman–Crippen LogP) is 2.70. The highest BCUT2D eigenvalue weighted by Gasteiger charge is 2.20. The van der Waals surface area contributed by atoms with E-state index in [0.717, 1.165) is 17.7 Å². The average molecular weight is 362 g/mol. The molecule has 0 aliphatic carbocycles. The Bertz CT molecular complexity index is 747. The second kappa shape index (κ2) is 8.57. The van der Waals surface area contributed by atoms with Crippen molar-refractivity contribution in [1.82, 2.24) is 15.5 Å². The highest BCUT2D eigenvalue weighted by Crippen LogP contribution is 2.28. The molecule has 2 rings (SSSR count). The molecule has 2 aromatic rings. The number of anilines is 1. The number of ether oxygens (including phenoxy) is 1. The lowest BCUT2D eigenvalue weighted by molar-refractivity contribution is -0.128. The van der Waals surface area contributed by atoms with Gasteiger partial charge in [-0.1, -0.05) is 37.3 Å². The summed E-state index contributed by atoms with van der Waals surface area (Å²) in [4.78, 5) is 24.1. The minimum absolute atomic E-state index is 0.128. The molecule has 2 unspecified atom stereocenters. The van der Waals surface area contributed by atoms with E-state index in [9.17, 15) is 9.59 Å². The molecular formula is C17H22N4O3S. The molecule has 2 amide bonds. The van der Waals surface area contributed by atoms with Gasteiger partial charge in [-0.2, -0.15) is 0 Å². The molecule has 0 aliphatic rings. The van der Waals surface area contributed by atoms with Gasteiger partial charge in [-0.05, 0) is 25.5 Å². The Labute approximate surface area is 150 Å². The fraction of sp³-hybridized carbons (Fsp3) is 0.412. The van der Waals surface area contributed by atoms with Crippen molar-refractivity contribution in [2.24, 2.45) is 5.92 Å². The molecule has 25 heavy (non-hydrogen) atoms. The van der Waals surface area contributed by atoms with Crippen molar-refractivity contribution >= 4 is 28.3 Å². The molecule has 0 bridgehead atoms. The predicted molar refractivity (Wildman–Crippen MR) is 97.6 cm³/mol. The van der Waals surface area contributed by atoms with Crippen molar-refractivity contribution in [3.05, 3.63) is 24.3 Å². The lowest BCUT2D eigenvalue weighted by Gasteiger charge is -2.15. The van der Waals surface area contributed by atoms with Gasteiger partial charge in [0.1, 0.15) is 16.8 Å². The lowest BCUT2D eigenvalue weighted by atomic mass is 10.1. The largest absolute Gasteiger partial charge is 0.497 e. The summed E-state index contributed by atoms with van der Waals surface area (Å²) in [6.07, 6.45) is 0.723. The van der Waals surface area contributed by atoms with Gasteiger partial charge in [0.25, 0.3) is 0 Å². The molecule has 0 saturated carbocycles. The molecule has 0 radical (unpaired) electrons. The first-order valence-electron chi connectivity index (χ1n) is 8.03. The third kappa shape index (κ3) is 4.99. The first-order chi connectivity index (χ1) is 11.9. The Hall–Kier alpha value is -2.48. The Morgan fingerprint density at radius 3 is 2.68 bits per heavy atom. The molecule has 1 aromatic heterocycles. The van der Waals surface area contributed by atoms with Crippen LogP contribution in [-0.4, -0.2) is 35.2 Å². The Morgan fingerprint density at radius 2 is 2.00 bits per heavy atom. The Balaban J connectivity index is 2.00. The van der Waals surface area contributed by atoms with E-state index in [1.807, 2.05) is 38.1 Å². The lowest BCUT2D eigenvalue weighted by Crippen LogP contribution is -2.43. The van der Waals surface area contributed by atoms with Crippen LogP contribution in [-0.2, 0) is 9.59 Å². The number of carbonyl (C=O) groups is 2. The molecule has 1 heterocycles. The zero-order valence-corrected chi connectivity index (χ0v) is 15.5. The third-order valence-electron chi connectivity index (χ3n) is 3.78. The second-order valence-electron chi connectivity index (χ2n) is 5.67. The van der Waals surface area contributed by atoms with Crippen molar-refractivity contribution < 1.29 is 14.3 Å². The van der Waals surface area contributed by atoms with Crippen molar-refractivity contribution in [2.75, 3.05) is 12.4 Å². The molecule has 134 valence electrons. The summed E-state index contributed by atoms with van der Waals surface area (Å²) in [5.41, 5.74) is 0.857. The van der Waals surface area contributed by atoms with Gasteiger partial charge in [-0.3, -0.25) is 14.9 Å². The minimum atomic E-state index is -0.648. The number of nitrogens with zero attached hydrogens (tertiary/aromatic N) is 2. The summed E-state index contributed by atoms with van der Waals surface area (Å²) >= 11 is 1.26. The van der Waals surface area contributed by atoms with E-state index in [4.69, 9.17) is 4.74 Å². The van der Waals surface area contributed by atoms with Crippen molar-refractivity contribution in [2.45, 2.75) is 33.2 Å². The van der Waals surface area contributed by atoms with E-state index in [1.54, 1.807) is 14.0 Å². The van der Waals surface area contributed by atoms with Crippen LogP contribution in [0.5, 0.6) is 5.75 Å². The van der Waals surface area contributed by atoms with Crippen LogP contribution in [0.4, 0.5) is 5.13 Å². The molecule has 2 atom stereocenters. The molecular weight excluding hydrogens is 340 g/mol. The summed E-state index contributed by atoms with van der Waals surface area (Å²) in [5.74, 6) is 0.126. The summed E-state index contributed by atoms with van der Waals surface area (Å²) in [7, 11) is 1.60. The molecule has 0 spiro atoms. The highest BCUT2D eigenvalue weighted by atomic mass is 32.1. The number of nitrogens with one attached hydrogen (secondary N) is 2. The molecule has 2 N–H and O–H groups in total. The Morgan fingerprint density at radius 1 is 1.24 bits per heavy atom. The van der Waals surface area contributed by atoms with Crippen LogP contribution in [0.25, 0.3) is 10.6 Å². The van der Waals surface area contributed by atoms with Gasteiger partial charge in [0.15, 0.2) is 0 Å². The van der Waals surface area contributed by atoms with Crippen molar-refractivity contribution in [1.29, 1.82) is 0 Å². The third-order valence-corrected chi connectivity index (χ3v) is 4.67. The van der Waals surface area contributed by atoms with Gasteiger partial charge in [0.05, 0.1) is 7.11 Å². The van der Waals surface area contributed by atoms with Crippen molar-refractivity contribution in [3.63, 3.8) is 0 Å². The molecule has 0 aliphatic heterocycles. The first kappa shape index (κ1) is 18.9. The zero-order valence-electron chi connectivity index (χ0n) is 14.7. The zero-order chi connectivity index (χ0) is 18.4. The molecule has 0 saturated heterocycles. The minimum Gasteiger partial charge on any atom is -0.497 e. The number of hydrogen-bond acceptors (Lipinski definition) is 6. The molecule has 7 nitrogen and oxygen atoms in total. The van der Waals surface area contributed by atoms with Gasteiger partial charge in [-0.15, -0.1) is 10.2 Å². The molecule has 1 aromatic carbocycles. The Kier molecular flexibility index (Phi) is 6.46. The van der Waals surface area contributed by atoms with Crippen LogP contribution >= 0.6 is 11.3 Å². The number of rotatable bonds is 7. The van der Waals surface area contributed by atoms with Crippen molar-refractivity contribution in [3.8, 4) is 16.3 Å². The SMILES string of the molecule is CCC(C)C(=O)NC(C)C(=O)Nc1nnc(-c2cccc(OC)c2)s1. The number of hydrogen-bond donors (Lipinski definition) is 2. The number of methoxy groups -OCH3 is 1. The quantitative estimate of drug-likeness (QED) is 0.790. The topological polar surface area (TPSA) is 93.2 Å². The van der Waals surface area contributed by atoms with Gasteiger partial charge in [0.2, 0.25) is 16.9 Å². The van der Waals surface area contributed by atoms with E-state index in [2.05, 4.69) is 20.8 Å². The van der Waals surface area contributed by atoms with Crippen LogP contribution in [0, 0.1) is 5.92 Å². The van der Waals surface area contributed by atoms with E-state index in [0.29, 0.717) is 10.1 Å². The van der Waals surface area contributed by atoms with Gasteiger partial charge >= 0.3 is 0 Å². The van der Waals surface area contributed by atoms with Crippen LogP contribution in [0.2, 0.25) is 0 Å². The highest BCUT2D eigenvalue weighted by molar-refractivity contribution is 7.18. The van der Waals surface area contributed by atoms with Gasteiger partial charge in [0, 0.05) is 11.5 Å².